The van der Waals surface area contributed by atoms with E-state index in [1.54, 1.807) is 54.6 Å². The molecular weight excluding hydrogens is 515 g/mol. The maximum Gasteiger partial charge on any atom is 0.329 e. The van der Waals surface area contributed by atoms with Crippen molar-refractivity contribution in [3.63, 3.8) is 0 Å². The van der Waals surface area contributed by atoms with Crippen LogP contribution in [0.5, 0.6) is 5.75 Å². The zero-order chi connectivity index (χ0) is 25.4. The first-order chi connectivity index (χ1) is 16.7. The predicted molar refractivity (Wildman–Crippen MR) is 138 cm³/mol. The Bertz CT molecular complexity index is 1300. The molecule has 0 aliphatic heterocycles. The lowest BCUT2D eigenvalue weighted by molar-refractivity contribution is -0.136. The second kappa shape index (κ2) is 12.2. The van der Waals surface area contributed by atoms with Crippen LogP contribution in [0.2, 0.25) is 15.1 Å². The van der Waals surface area contributed by atoms with E-state index in [9.17, 15) is 14.4 Å². The van der Waals surface area contributed by atoms with Crippen LogP contribution in [-0.4, -0.2) is 30.5 Å². The van der Waals surface area contributed by atoms with Gasteiger partial charge in [0.05, 0.1) is 16.3 Å². The lowest BCUT2D eigenvalue weighted by Gasteiger charge is -2.08. The maximum absolute atomic E-state index is 12.1. The largest absolute Gasteiger partial charge is 0.484 e. The highest BCUT2D eigenvalue weighted by atomic mass is 35.5. The molecule has 3 aromatic rings. The van der Waals surface area contributed by atoms with E-state index in [2.05, 4.69) is 21.2 Å². The number of benzene rings is 3. The van der Waals surface area contributed by atoms with Crippen molar-refractivity contribution >= 4 is 70.1 Å². The van der Waals surface area contributed by atoms with Crippen LogP contribution >= 0.6 is 34.8 Å². The fourth-order valence-electron chi connectivity index (χ4n) is 2.68. The highest BCUT2D eigenvalue weighted by molar-refractivity contribution is 6.42. The molecule has 3 aromatic carbocycles. The number of aryl methyl sites for hydroxylation is 1. The molecule has 0 atom stereocenters. The standard InChI is InChI=1S/C24H19Cl3N4O4/c1-14-5-6-17(10-20(14)26)30-23(33)24(34)31-28-12-15-3-2-4-18(9-15)35-13-22(32)29-16-7-8-19(25)21(27)11-16/h2-12H,13H2,1H3,(H,29,32)(H,30,33)(H,31,34)/b28-12-. The lowest BCUT2D eigenvalue weighted by Crippen LogP contribution is -2.32. The second-order valence-electron chi connectivity index (χ2n) is 7.16. The Balaban J connectivity index is 1.48. The van der Waals surface area contributed by atoms with E-state index in [1.807, 2.05) is 6.92 Å². The van der Waals surface area contributed by atoms with Crippen LogP contribution in [0.1, 0.15) is 11.1 Å². The van der Waals surface area contributed by atoms with Crippen LogP contribution in [0, 0.1) is 6.92 Å². The SMILES string of the molecule is Cc1ccc(NC(=O)C(=O)N/N=C\c2cccc(OCC(=O)Nc3ccc(Cl)c(Cl)c3)c2)cc1Cl. The number of carbonyl (C=O) groups excluding carboxylic acids is 3. The quantitative estimate of drug-likeness (QED) is 0.224. The van der Waals surface area contributed by atoms with Gasteiger partial charge in [0.25, 0.3) is 5.91 Å². The van der Waals surface area contributed by atoms with Crippen molar-refractivity contribution in [3.05, 3.63) is 86.9 Å². The first-order valence-electron chi connectivity index (χ1n) is 10.1. The van der Waals surface area contributed by atoms with E-state index in [-0.39, 0.29) is 6.61 Å². The summed E-state index contributed by atoms with van der Waals surface area (Å²) in [5.41, 5.74) is 4.43. The molecule has 8 nitrogen and oxygen atoms in total. The number of anilines is 2. The molecule has 0 radical (unpaired) electrons. The number of nitrogens with zero attached hydrogens (tertiary/aromatic N) is 1. The van der Waals surface area contributed by atoms with Gasteiger partial charge in [-0.1, -0.05) is 53.0 Å². The fourth-order valence-corrected chi connectivity index (χ4v) is 3.16. The van der Waals surface area contributed by atoms with Crippen molar-refractivity contribution in [2.24, 2.45) is 5.10 Å². The third kappa shape index (κ3) is 7.99. The summed E-state index contributed by atoms with van der Waals surface area (Å²) in [5, 5.41) is 10.0. The van der Waals surface area contributed by atoms with Crippen molar-refractivity contribution in [3.8, 4) is 5.75 Å². The molecule has 3 rings (SSSR count). The molecule has 0 unspecified atom stereocenters. The molecule has 0 aliphatic rings. The fraction of sp³-hybridized carbons (Fsp3) is 0.0833. The molecule has 3 N–H and O–H groups in total. The summed E-state index contributed by atoms with van der Waals surface area (Å²) in [5.74, 6) is -1.84. The molecule has 0 fully saturated rings. The van der Waals surface area contributed by atoms with Crippen LogP contribution in [0.3, 0.4) is 0 Å². The number of halogens is 3. The van der Waals surface area contributed by atoms with Crippen molar-refractivity contribution < 1.29 is 19.1 Å². The number of hydrazone groups is 1. The van der Waals surface area contributed by atoms with Gasteiger partial charge in [-0.25, -0.2) is 5.43 Å². The summed E-state index contributed by atoms with van der Waals surface area (Å²) in [6, 6.07) is 16.3. The Labute approximate surface area is 216 Å². The predicted octanol–water partition coefficient (Wildman–Crippen LogP) is 5.06. The smallest absolute Gasteiger partial charge is 0.329 e. The topological polar surface area (TPSA) is 109 Å². The summed E-state index contributed by atoms with van der Waals surface area (Å²) >= 11 is 17.8. The van der Waals surface area contributed by atoms with Crippen molar-refractivity contribution in [1.82, 2.24) is 5.43 Å². The highest BCUT2D eigenvalue weighted by Crippen LogP contribution is 2.25. The number of amides is 3. The molecule has 0 spiro atoms. The third-order valence-electron chi connectivity index (χ3n) is 4.45. The Hall–Kier alpha value is -3.59. The number of hydrogen-bond donors (Lipinski definition) is 3. The zero-order valence-corrected chi connectivity index (χ0v) is 20.5. The summed E-state index contributed by atoms with van der Waals surface area (Å²) in [7, 11) is 0. The lowest BCUT2D eigenvalue weighted by atomic mass is 10.2. The molecule has 0 aromatic heterocycles. The minimum atomic E-state index is -0.954. The normalized spacial score (nSPS) is 10.6. The average Bonchev–Trinajstić information content (AvgIpc) is 2.82. The first-order valence-corrected chi connectivity index (χ1v) is 11.2. The van der Waals surface area contributed by atoms with E-state index in [0.717, 1.165) is 5.56 Å². The molecule has 3 amide bonds. The van der Waals surface area contributed by atoms with Gasteiger partial charge >= 0.3 is 11.8 Å². The van der Waals surface area contributed by atoms with E-state index in [1.165, 1.54) is 12.3 Å². The van der Waals surface area contributed by atoms with Gasteiger partial charge in [0.2, 0.25) is 0 Å². The molecular formula is C24H19Cl3N4O4. The number of nitrogens with one attached hydrogen (secondary N) is 3. The number of ether oxygens (including phenoxy) is 1. The van der Waals surface area contributed by atoms with Gasteiger partial charge < -0.3 is 15.4 Å². The van der Waals surface area contributed by atoms with Crippen LogP contribution in [0.15, 0.2) is 65.8 Å². The Morgan fingerprint density at radius 1 is 0.857 bits per heavy atom. The average molecular weight is 534 g/mol. The van der Waals surface area contributed by atoms with Gasteiger partial charge in [0.15, 0.2) is 6.61 Å². The molecule has 180 valence electrons. The Morgan fingerprint density at radius 3 is 2.31 bits per heavy atom. The molecule has 0 saturated heterocycles. The molecule has 0 aliphatic carbocycles. The van der Waals surface area contributed by atoms with Gasteiger partial charge in [-0.3, -0.25) is 14.4 Å². The van der Waals surface area contributed by atoms with Crippen molar-refractivity contribution in [1.29, 1.82) is 0 Å². The van der Waals surface area contributed by atoms with Crippen molar-refractivity contribution in [2.45, 2.75) is 6.92 Å². The van der Waals surface area contributed by atoms with Gasteiger partial charge in [0.1, 0.15) is 5.75 Å². The van der Waals surface area contributed by atoms with Gasteiger partial charge in [-0.05, 0) is 60.5 Å². The van der Waals surface area contributed by atoms with Gasteiger partial charge in [-0.2, -0.15) is 5.10 Å². The van der Waals surface area contributed by atoms with Crippen LogP contribution in [-0.2, 0) is 14.4 Å². The number of hydrogen-bond acceptors (Lipinski definition) is 5. The molecule has 0 saturated carbocycles. The van der Waals surface area contributed by atoms with Gasteiger partial charge in [0, 0.05) is 16.4 Å². The Kier molecular flexibility index (Phi) is 9.08. The van der Waals surface area contributed by atoms with Crippen LogP contribution in [0.25, 0.3) is 0 Å². The summed E-state index contributed by atoms with van der Waals surface area (Å²) in [4.78, 5) is 36.1. The van der Waals surface area contributed by atoms with E-state index in [0.29, 0.717) is 37.8 Å². The molecule has 11 heteroatoms. The molecule has 0 heterocycles. The third-order valence-corrected chi connectivity index (χ3v) is 5.59. The van der Waals surface area contributed by atoms with Gasteiger partial charge in [-0.15, -0.1) is 0 Å². The van der Waals surface area contributed by atoms with E-state index < -0.39 is 17.7 Å². The van der Waals surface area contributed by atoms with E-state index in [4.69, 9.17) is 39.5 Å². The van der Waals surface area contributed by atoms with Crippen LogP contribution in [0.4, 0.5) is 11.4 Å². The van der Waals surface area contributed by atoms with E-state index >= 15 is 0 Å². The number of rotatable bonds is 7. The minimum absolute atomic E-state index is 0.249. The summed E-state index contributed by atoms with van der Waals surface area (Å²) < 4.78 is 5.49. The monoisotopic (exact) mass is 532 g/mol. The molecule has 0 bridgehead atoms. The maximum atomic E-state index is 12.1. The zero-order valence-electron chi connectivity index (χ0n) is 18.3. The highest BCUT2D eigenvalue weighted by Gasteiger charge is 2.13. The molecule has 35 heavy (non-hydrogen) atoms. The van der Waals surface area contributed by atoms with Crippen LogP contribution < -0.4 is 20.8 Å². The summed E-state index contributed by atoms with van der Waals surface area (Å²) in [6.07, 6.45) is 1.33. The second-order valence-corrected chi connectivity index (χ2v) is 8.38. The first kappa shape index (κ1) is 26.0. The Morgan fingerprint density at radius 2 is 1.57 bits per heavy atom. The summed E-state index contributed by atoms with van der Waals surface area (Å²) in [6.45, 7) is 1.57. The minimum Gasteiger partial charge on any atom is -0.484 e. The van der Waals surface area contributed by atoms with Crippen molar-refractivity contribution in [2.75, 3.05) is 17.2 Å². The number of carbonyl (C=O) groups is 3.